The molecule has 41 heavy (non-hydrogen) atoms. The summed E-state index contributed by atoms with van der Waals surface area (Å²) in [5.74, 6) is 3.52. The van der Waals surface area contributed by atoms with Gasteiger partial charge >= 0.3 is 12.1 Å². The van der Waals surface area contributed by atoms with Gasteiger partial charge in [0.1, 0.15) is 18.2 Å². The Balaban J connectivity index is 1.32. The second-order valence-corrected chi connectivity index (χ2v) is 10.5. The van der Waals surface area contributed by atoms with Crippen molar-refractivity contribution in [1.29, 1.82) is 0 Å². The number of carboxylic acids is 1. The number of alkyl carbamates (subject to hydrolysis) is 1. The van der Waals surface area contributed by atoms with Crippen LogP contribution in [0.15, 0.2) is 78.9 Å². The van der Waals surface area contributed by atoms with Gasteiger partial charge in [-0.2, -0.15) is 0 Å². The highest BCUT2D eigenvalue weighted by atomic mass is 16.5. The number of nitrogens with one attached hydrogen (secondary N) is 2. The highest BCUT2D eigenvalue weighted by molar-refractivity contribution is 5.93. The predicted octanol–water partition coefficient (Wildman–Crippen LogP) is 4.15. The molecule has 210 valence electrons. The van der Waals surface area contributed by atoms with Crippen LogP contribution in [0.3, 0.4) is 0 Å². The van der Waals surface area contributed by atoms with Crippen molar-refractivity contribution in [2.45, 2.75) is 43.8 Å². The Labute approximate surface area is 239 Å². The molecular weight excluding hydrogens is 518 g/mol. The molecule has 1 aliphatic heterocycles. The number of nitrogens with zero attached hydrogens (tertiary/aromatic N) is 1. The van der Waals surface area contributed by atoms with Crippen LogP contribution in [-0.4, -0.2) is 59.3 Å². The van der Waals surface area contributed by atoms with Crippen molar-refractivity contribution >= 4 is 18.0 Å². The molecule has 0 saturated carbocycles. The SMILES string of the molecule is CC#CCC(NC(=O)C1(NC(=O)OCC2c3ccccc3-c3ccccc32)CCN(Cc2ccccc2)C1)C(=O)O. The molecular formula is C33H33N3O5. The lowest BCUT2D eigenvalue weighted by Gasteiger charge is -2.30. The Morgan fingerprint density at radius 1 is 1.00 bits per heavy atom. The zero-order chi connectivity index (χ0) is 28.8. The molecule has 1 aliphatic carbocycles. The van der Waals surface area contributed by atoms with E-state index in [1.165, 1.54) is 0 Å². The summed E-state index contributed by atoms with van der Waals surface area (Å²) in [4.78, 5) is 40.8. The van der Waals surface area contributed by atoms with Crippen LogP contribution in [0.1, 0.15) is 42.4 Å². The summed E-state index contributed by atoms with van der Waals surface area (Å²) in [6.45, 7) is 3.06. The zero-order valence-electron chi connectivity index (χ0n) is 22.9. The lowest BCUT2D eigenvalue weighted by atomic mass is 9.96. The second-order valence-electron chi connectivity index (χ2n) is 10.5. The smallest absolute Gasteiger partial charge is 0.408 e. The van der Waals surface area contributed by atoms with Crippen LogP contribution in [0, 0.1) is 11.8 Å². The first-order valence-corrected chi connectivity index (χ1v) is 13.7. The fourth-order valence-electron chi connectivity index (χ4n) is 5.74. The molecule has 3 N–H and O–H groups in total. The number of likely N-dealkylation sites (tertiary alicyclic amines) is 1. The average Bonchev–Trinajstić information content (AvgIpc) is 3.53. The van der Waals surface area contributed by atoms with E-state index in [0.29, 0.717) is 19.5 Å². The van der Waals surface area contributed by atoms with Crippen LogP contribution in [0.5, 0.6) is 0 Å². The molecule has 2 amide bonds. The van der Waals surface area contributed by atoms with Gasteiger partial charge in [0.15, 0.2) is 0 Å². The average molecular weight is 552 g/mol. The van der Waals surface area contributed by atoms with Gasteiger partial charge in [0, 0.05) is 32.0 Å². The standard InChI is InChI=1S/C33H33N3O5/c1-2-3-17-29(30(37)38)34-31(39)33(18-19-36(22-33)20-23-11-5-4-6-12-23)35-32(40)41-21-28-26-15-9-7-13-24(26)25-14-8-10-16-27(25)28/h4-16,28-29H,17-22H2,1H3,(H,34,39)(H,35,40)(H,37,38). The topological polar surface area (TPSA) is 108 Å². The first-order valence-electron chi connectivity index (χ1n) is 13.7. The lowest BCUT2D eigenvalue weighted by molar-refractivity contribution is -0.142. The van der Waals surface area contributed by atoms with Gasteiger partial charge in [-0.25, -0.2) is 9.59 Å². The molecule has 1 heterocycles. The molecule has 2 unspecified atom stereocenters. The highest BCUT2D eigenvalue weighted by Gasteiger charge is 2.47. The molecule has 0 bridgehead atoms. The van der Waals surface area contributed by atoms with Crippen LogP contribution < -0.4 is 10.6 Å². The normalized spacial score (nSPS) is 18.4. The number of ether oxygens (including phenoxy) is 1. The van der Waals surface area contributed by atoms with Crippen LogP contribution in [-0.2, 0) is 20.9 Å². The van der Waals surface area contributed by atoms with Gasteiger partial charge in [0.2, 0.25) is 5.91 Å². The van der Waals surface area contributed by atoms with E-state index >= 15 is 0 Å². The third kappa shape index (κ3) is 6.11. The molecule has 8 heteroatoms. The van der Waals surface area contributed by atoms with Crippen molar-refractivity contribution in [3.63, 3.8) is 0 Å². The van der Waals surface area contributed by atoms with E-state index < -0.39 is 29.6 Å². The summed E-state index contributed by atoms with van der Waals surface area (Å²) in [6.07, 6.45) is -0.447. The van der Waals surface area contributed by atoms with Crippen molar-refractivity contribution in [2.24, 2.45) is 0 Å². The monoisotopic (exact) mass is 551 g/mol. The maximum Gasteiger partial charge on any atom is 0.408 e. The summed E-state index contributed by atoms with van der Waals surface area (Å²) in [7, 11) is 0. The van der Waals surface area contributed by atoms with Crippen LogP contribution >= 0.6 is 0 Å². The molecule has 5 rings (SSSR count). The number of hydrogen-bond donors (Lipinski definition) is 3. The fraction of sp³-hybridized carbons (Fsp3) is 0.303. The molecule has 0 radical (unpaired) electrons. The van der Waals surface area contributed by atoms with Crippen LogP contribution in [0.2, 0.25) is 0 Å². The Hall–Kier alpha value is -4.61. The van der Waals surface area contributed by atoms with Gasteiger partial charge < -0.3 is 20.5 Å². The number of rotatable bonds is 9. The Morgan fingerprint density at radius 2 is 1.63 bits per heavy atom. The minimum atomic E-state index is -1.36. The van der Waals surface area contributed by atoms with E-state index in [2.05, 4.69) is 39.5 Å². The maximum atomic E-state index is 13.6. The van der Waals surface area contributed by atoms with Crippen molar-refractivity contribution < 1.29 is 24.2 Å². The van der Waals surface area contributed by atoms with E-state index in [1.807, 2.05) is 66.7 Å². The van der Waals surface area contributed by atoms with E-state index in [0.717, 1.165) is 27.8 Å². The highest BCUT2D eigenvalue weighted by Crippen LogP contribution is 2.44. The molecule has 1 fully saturated rings. The van der Waals surface area contributed by atoms with Gasteiger partial charge in [0.25, 0.3) is 0 Å². The summed E-state index contributed by atoms with van der Waals surface area (Å²) in [6, 6.07) is 24.8. The number of benzene rings is 3. The van der Waals surface area contributed by atoms with Gasteiger partial charge in [-0.15, -0.1) is 11.8 Å². The number of carboxylic acid groups (broad SMARTS) is 1. The number of fused-ring (bicyclic) bond motifs is 3. The van der Waals surface area contributed by atoms with Gasteiger partial charge in [0.05, 0.1) is 0 Å². The number of hydrogen-bond acceptors (Lipinski definition) is 5. The molecule has 1 saturated heterocycles. The molecule has 0 aromatic heterocycles. The molecule has 3 aromatic rings. The summed E-state index contributed by atoms with van der Waals surface area (Å²) < 4.78 is 5.76. The van der Waals surface area contributed by atoms with Crippen LogP contribution in [0.25, 0.3) is 11.1 Å². The first-order chi connectivity index (χ1) is 19.9. The first kappa shape index (κ1) is 27.9. The van der Waals surface area contributed by atoms with E-state index in [1.54, 1.807) is 6.92 Å². The molecule has 2 atom stereocenters. The number of carbonyl (C=O) groups excluding carboxylic acids is 2. The van der Waals surface area contributed by atoms with Gasteiger partial charge in [-0.1, -0.05) is 78.9 Å². The quantitative estimate of drug-likeness (QED) is 0.345. The number of carbonyl (C=O) groups is 3. The van der Waals surface area contributed by atoms with Crippen LogP contribution in [0.4, 0.5) is 4.79 Å². The van der Waals surface area contributed by atoms with E-state index in [9.17, 15) is 19.5 Å². The van der Waals surface area contributed by atoms with Crippen molar-refractivity contribution in [2.75, 3.05) is 19.7 Å². The maximum absolute atomic E-state index is 13.6. The second kappa shape index (κ2) is 12.3. The summed E-state index contributed by atoms with van der Waals surface area (Å²) in [5, 5.41) is 15.1. The summed E-state index contributed by atoms with van der Waals surface area (Å²) >= 11 is 0. The van der Waals surface area contributed by atoms with Gasteiger partial charge in [-0.05, 0) is 41.2 Å². The number of amides is 2. The van der Waals surface area contributed by atoms with Crippen molar-refractivity contribution in [1.82, 2.24) is 15.5 Å². The van der Waals surface area contributed by atoms with E-state index in [-0.39, 0.29) is 25.5 Å². The number of aliphatic carboxylic acids is 1. The molecule has 3 aromatic carbocycles. The van der Waals surface area contributed by atoms with E-state index in [4.69, 9.17) is 4.74 Å². The fourth-order valence-corrected chi connectivity index (χ4v) is 5.74. The molecule has 2 aliphatic rings. The Bertz CT molecular complexity index is 1450. The largest absolute Gasteiger partial charge is 0.480 e. The zero-order valence-corrected chi connectivity index (χ0v) is 22.9. The minimum Gasteiger partial charge on any atom is -0.480 e. The minimum absolute atomic E-state index is 0.0354. The Morgan fingerprint density at radius 3 is 2.27 bits per heavy atom. The lowest BCUT2D eigenvalue weighted by Crippen LogP contribution is -2.62. The third-order valence-corrected chi connectivity index (χ3v) is 7.80. The third-order valence-electron chi connectivity index (χ3n) is 7.80. The van der Waals surface area contributed by atoms with Crippen molar-refractivity contribution in [3.8, 4) is 23.0 Å². The predicted molar refractivity (Wildman–Crippen MR) is 155 cm³/mol. The molecule has 8 nitrogen and oxygen atoms in total. The van der Waals surface area contributed by atoms with Gasteiger partial charge in [-0.3, -0.25) is 9.69 Å². The summed E-state index contributed by atoms with van der Waals surface area (Å²) in [5.41, 5.74) is 4.14. The molecule has 0 spiro atoms. The van der Waals surface area contributed by atoms with Crippen molar-refractivity contribution in [3.05, 3.63) is 95.6 Å². The Kier molecular flexibility index (Phi) is 8.37.